The fraction of sp³-hybridized carbons (Fsp3) is 0.409. The maximum atomic E-state index is 13.6. The van der Waals surface area contributed by atoms with E-state index >= 15 is 0 Å². The van der Waals surface area contributed by atoms with Gasteiger partial charge in [0.25, 0.3) is 11.9 Å². The third-order valence-electron chi connectivity index (χ3n) is 9.14. The van der Waals surface area contributed by atoms with E-state index in [2.05, 4.69) is 17.6 Å². The topological polar surface area (TPSA) is 304 Å². The largest absolute Gasteiger partial charge is 1.00 e. The smallest absolute Gasteiger partial charge is 0.849 e. The zero-order chi connectivity index (χ0) is 53.0. The van der Waals surface area contributed by atoms with Gasteiger partial charge >= 0.3 is 45.2 Å². The molecule has 0 saturated carbocycles. The van der Waals surface area contributed by atoms with Gasteiger partial charge < -0.3 is 43.9 Å². The third-order valence-corrected chi connectivity index (χ3v) is 14.0. The molecule has 0 aliphatic carbocycles. The Hall–Kier alpha value is -1.61. The molecule has 2 aromatic carbocycles. The number of nitrogens with one attached hydrogen (secondary N) is 2. The fourth-order valence-corrected chi connectivity index (χ4v) is 8.56. The first-order valence-electron chi connectivity index (χ1n) is 21.4. The van der Waals surface area contributed by atoms with Gasteiger partial charge in [-0.1, -0.05) is 56.2 Å². The van der Waals surface area contributed by atoms with E-state index in [0.717, 1.165) is 24.5 Å². The summed E-state index contributed by atoms with van der Waals surface area (Å²) in [6.07, 6.45) is 6.13. The maximum absolute atomic E-state index is 13.6. The molecule has 0 amide bonds. The van der Waals surface area contributed by atoms with Crippen molar-refractivity contribution in [3.8, 4) is 11.5 Å². The SMILES string of the molecule is C=CCOC(=O)C([NH-])Cc1ccc(OP(=O)(Cl)N(C)CCCCCl)cc1.C=CCOC(=O)C([NH-])Cc1ccc(OP(=O)(OCc2ccc([N+](=O)[O-])o2)N(C)CCCCCl)cc1.O=[N+]([O-])c1ccc(C[O-])o1.[Ac].[Ac].[Li+]. The molecule has 0 fully saturated rings. The molecule has 30 heteroatoms. The van der Waals surface area contributed by atoms with Gasteiger partial charge in [0.05, 0.1) is 17.9 Å². The quantitative estimate of drug-likeness (QED) is 0.00707. The predicted molar refractivity (Wildman–Crippen MR) is 266 cm³/mol. The Bertz CT molecular complexity index is 2400. The number of esters is 2. The molecule has 0 saturated heterocycles. The van der Waals surface area contributed by atoms with E-state index in [4.69, 9.17) is 73.4 Å². The Morgan fingerprint density at radius 3 is 1.49 bits per heavy atom. The second-order valence-corrected chi connectivity index (χ2v) is 20.6. The van der Waals surface area contributed by atoms with E-state index in [1.54, 1.807) is 62.6 Å². The standard InChI is InChI=1S/C22H28ClN3O8P.C17H24Cl2N2O4P.C5H4NO4.2Ac.Li/c1-3-14-31-22(27)20(24)15-17-6-8-18(9-7-17)34-35(30,25(2)13-5-4-12-23)32-16-19-10-11-21(33-19)26(28)29;1-3-12-24-17(22)16(20)13-14-6-8-15(9-7-14)25-26(19,23)21(2)11-5-4-10-18;7-3-4-1-2-5(10-4)6(8)9;;;/h3,6-11,20,24H,1,4-5,12-16H2,2H3;3,6-9,16,20H,1,4-5,10-13H2,2H3;1-2H,3H2;;;/q3*-1;;;+1. The number of unbranched alkanes of at least 4 members (excludes halogenated alkanes) is 2. The second kappa shape index (κ2) is 40.6. The van der Waals surface area contributed by atoms with Gasteiger partial charge in [-0.3, -0.25) is 34.3 Å². The summed E-state index contributed by atoms with van der Waals surface area (Å²) in [7, 11) is -0.672. The molecule has 2 radical (unpaired) electrons. The number of hydrogen-bond donors (Lipinski definition) is 0. The van der Waals surface area contributed by atoms with Crippen molar-refractivity contribution in [3.63, 3.8) is 0 Å². The molecule has 0 spiro atoms. The molecule has 74 heavy (non-hydrogen) atoms. The van der Waals surface area contributed by atoms with E-state index in [9.17, 15) is 44.1 Å². The Labute approximate surface area is 528 Å². The summed E-state index contributed by atoms with van der Waals surface area (Å²) in [4.78, 5) is 42.8. The van der Waals surface area contributed by atoms with Crippen LogP contribution in [0.4, 0.5) is 11.8 Å². The first kappa shape index (κ1) is 74.5. The predicted octanol–water partition coefficient (Wildman–Crippen LogP) is 7.64. The number of carbonyl (C=O) groups excluding carboxylic acids is 2. The Balaban J connectivity index is 0. The minimum absolute atomic E-state index is 0. The van der Waals surface area contributed by atoms with Gasteiger partial charge in [0, 0.05) is 124 Å². The molecule has 0 aliphatic heterocycles. The van der Waals surface area contributed by atoms with Crippen LogP contribution in [0.1, 0.15) is 48.3 Å². The number of carbonyl (C=O) groups is 2. The second-order valence-electron chi connectivity index (χ2n) is 14.7. The van der Waals surface area contributed by atoms with Crippen molar-refractivity contribution < 1.29 is 173 Å². The fourth-order valence-electron chi connectivity index (χ4n) is 5.36. The summed E-state index contributed by atoms with van der Waals surface area (Å²) < 4.78 is 65.0. The van der Waals surface area contributed by atoms with Crippen LogP contribution >= 0.6 is 49.1 Å². The summed E-state index contributed by atoms with van der Waals surface area (Å²) in [6.45, 7) is 3.58. The van der Waals surface area contributed by atoms with Gasteiger partial charge in [0.2, 0.25) is 0 Å². The maximum Gasteiger partial charge on any atom is 1.00 e. The molecular formula is C44H56Ac2Cl3LiN6O16P2-2. The van der Waals surface area contributed by atoms with Crippen molar-refractivity contribution in [1.29, 1.82) is 0 Å². The molecule has 4 unspecified atom stereocenters. The van der Waals surface area contributed by atoms with Gasteiger partial charge in [0.15, 0.2) is 0 Å². The monoisotopic (exact) mass is 1550 g/mol. The number of halogens is 3. The first-order chi connectivity index (χ1) is 33.7. The Morgan fingerprint density at radius 1 is 0.703 bits per heavy atom. The summed E-state index contributed by atoms with van der Waals surface area (Å²) in [5.74, 6) is -0.293. The van der Waals surface area contributed by atoms with Crippen LogP contribution in [-0.2, 0) is 58.8 Å². The van der Waals surface area contributed by atoms with E-state index in [1.165, 1.54) is 39.7 Å². The zero-order valence-electron chi connectivity index (χ0n) is 41.1. The van der Waals surface area contributed by atoms with Crippen molar-refractivity contribution in [3.05, 3.63) is 152 Å². The van der Waals surface area contributed by atoms with Gasteiger partial charge in [-0.2, -0.15) is 0 Å². The summed E-state index contributed by atoms with van der Waals surface area (Å²) in [5, 5.41) is 30.8. The average molecular weight is 1550 g/mol. The number of benzene rings is 2. The number of rotatable bonds is 30. The molecule has 22 nitrogen and oxygen atoms in total. The van der Waals surface area contributed by atoms with E-state index in [0.29, 0.717) is 49.0 Å². The van der Waals surface area contributed by atoms with Gasteiger partial charge in [-0.05, 0) is 112 Å². The van der Waals surface area contributed by atoms with Crippen LogP contribution < -0.4 is 33.0 Å². The molecule has 2 aromatic heterocycles. The molecular weight excluding hydrogens is 1500 g/mol. The van der Waals surface area contributed by atoms with Crippen molar-refractivity contribution in [1.82, 2.24) is 9.34 Å². The first-order valence-corrected chi connectivity index (χ1v) is 26.4. The van der Waals surface area contributed by atoms with E-state index in [-0.39, 0.29) is 163 Å². The van der Waals surface area contributed by atoms with Crippen molar-refractivity contribution >= 4 is 72.8 Å². The van der Waals surface area contributed by atoms with Crippen molar-refractivity contribution in [2.45, 2.75) is 63.8 Å². The minimum atomic E-state index is -3.88. The summed E-state index contributed by atoms with van der Waals surface area (Å²) in [5.41, 5.74) is 17.2. The number of nitrogens with zero attached hydrogens (tertiary/aromatic N) is 4. The Kier molecular flexibility index (Phi) is 40.8. The number of hydrogen-bond acceptors (Lipinski definition) is 16. The normalized spacial score (nSPS) is 12.9. The number of ether oxygens (including phenoxy) is 2. The number of nitro groups is 2. The molecule has 0 bridgehead atoms. The van der Waals surface area contributed by atoms with Crippen LogP contribution in [0.5, 0.6) is 11.5 Å². The van der Waals surface area contributed by atoms with Crippen LogP contribution in [0.3, 0.4) is 0 Å². The minimum Gasteiger partial charge on any atom is -0.849 e. The van der Waals surface area contributed by atoms with Crippen molar-refractivity contribution in [2.75, 3.05) is 52.2 Å². The Morgan fingerprint density at radius 2 is 1.11 bits per heavy atom. The van der Waals surface area contributed by atoms with Crippen LogP contribution in [-0.4, -0.2) is 95.4 Å². The van der Waals surface area contributed by atoms with Crippen molar-refractivity contribution in [2.24, 2.45) is 0 Å². The van der Waals surface area contributed by atoms with Crippen LogP contribution in [0, 0.1) is 108 Å². The van der Waals surface area contributed by atoms with E-state index in [1.807, 2.05) is 0 Å². The van der Waals surface area contributed by atoms with E-state index < -0.39 is 61.0 Å². The number of furan rings is 2. The average Bonchev–Trinajstić information content (AvgIpc) is 4.05. The third kappa shape index (κ3) is 28.8. The molecule has 4 rings (SSSR count). The van der Waals surface area contributed by atoms with Gasteiger partial charge in [0.1, 0.15) is 46.9 Å². The molecule has 4 aromatic rings. The molecule has 2 N–H and O–H groups in total. The number of alkyl halides is 2. The van der Waals surface area contributed by atoms with Gasteiger partial charge in [-0.15, -0.1) is 23.2 Å². The summed E-state index contributed by atoms with van der Waals surface area (Å²) >= 11 is 17.4. The molecule has 0 aliphatic rings. The van der Waals surface area contributed by atoms with Gasteiger partial charge in [-0.25, -0.2) is 18.5 Å². The van der Waals surface area contributed by atoms with Crippen LogP contribution in [0.2, 0.25) is 0 Å². The zero-order valence-corrected chi connectivity index (χ0v) is 54.6. The van der Waals surface area contributed by atoms with Crippen LogP contribution in [0.15, 0.2) is 107 Å². The van der Waals surface area contributed by atoms with Crippen LogP contribution in [0.25, 0.3) is 11.5 Å². The summed E-state index contributed by atoms with van der Waals surface area (Å²) in [6, 6.07) is 15.9. The molecule has 2 heterocycles. The molecule has 4 atom stereocenters. The molecule has 398 valence electrons.